The van der Waals surface area contributed by atoms with Gasteiger partial charge in [0.25, 0.3) is 0 Å². The summed E-state index contributed by atoms with van der Waals surface area (Å²) < 4.78 is 14.9. The van der Waals surface area contributed by atoms with E-state index in [9.17, 15) is 9.18 Å². The van der Waals surface area contributed by atoms with Crippen LogP contribution in [0.25, 0.3) is 5.69 Å². The van der Waals surface area contributed by atoms with Crippen molar-refractivity contribution < 1.29 is 9.18 Å². The fourth-order valence-electron chi connectivity index (χ4n) is 4.44. The number of carbonyl (C=O) groups excluding carboxylic acids is 1. The molecule has 0 spiro atoms. The van der Waals surface area contributed by atoms with Gasteiger partial charge in [0.15, 0.2) is 0 Å². The van der Waals surface area contributed by atoms with Gasteiger partial charge in [-0.25, -0.2) is 9.07 Å². The number of benzene rings is 1. The molecular formula is C20H24FN3O. The highest BCUT2D eigenvalue weighted by atomic mass is 19.1. The van der Waals surface area contributed by atoms with Crippen LogP contribution >= 0.6 is 0 Å². The second-order valence-electron chi connectivity index (χ2n) is 7.39. The fraction of sp³-hybridized carbons (Fsp3) is 0.500. The maximum Gasteiger partial charge on any atom is 0.223 e. The number of nitrogens with zero attached hydrogens (tertiary/aromatic N) is 2. The van der Waals surface area contributed by atoms with Crippen molar-refractivity contribution in [3.8, 4) is 5.69 Å². The van der Waals surface area contributed by atoms with Gasteiger partial charge in [-0.2, -0.15) is 5.10 Å². The van der Waals surface area contributed by atoms with E-state index in [1.54, 1.807) is 12.1 Å². The second kappa shape index (κ2) is 6.28. The summed E-state index contributed by atoms with van der Waals surface area (Å²) in [5, 5.41) is 7.68. The lowest BCUT2D eigenvalue weighted by Crippen LogP contribution is -2.26. The minimum atomic E-state index is -0.260. The van der Waals surface area contributed by atoms with Gasteiger partial charge in [-0.15, -0.1) is 0 Å². The van der Waals surface area contributed by atoms with Gasteiger partial charge in [-0.05, 0) is 62.8 Å². The van der Waals surface area contributed by atoms with Crippen LogP contribution in [0.2, 0.25) is 0 Å². The monoisotopic (exact) mass is 341 g/mol. The molecule has 2 aliphatic rings. The first-order valence-corrected chi connectivity index (χ1v) is 9.15. The normalized spacial score (nSPS) is 24.7. The van der Waals surface area contributed by atoms with E-state index in [1.807, 2.05) is 18.5 Å². The zero-order valence-electron chi connectivity index (χ0n) is 14.8. The average molecular weight is 341 g/mol. The quantitative estimate of drug-likeness (QED) is 0.922. The number of aromatic nitrogens is 2. The van der Waals surface area contributed by atoms with Crippen molar-refractivity contribution in [2.24, 2.45) is 17.8 Å². The van der Waals surface area contributed by atoms with Crippen LogP contribution in [0.1, 0.15) is 42.6 Å². The molecule has 0 saturated heterocycles. The Morgan fingerprint density at radius 2 is 1.84 bits per heavy atom. The predicted octanol–water partition coefficient (Wildman–Crippen LogP) is 3.68. The van der Waals surface area contributed by atoms with Gasteiger partial charge in [-0.1, -0.05) is 12.8 Å². The molecule has 1 amide bonds. The highest BCUT2D eigenvalue weighted by Crippen LogP contribution is 2.55. The van der Waals surface area contributed by atoms with Crippen molar-refractivity contribution in [2.45, 2.75) is 46.1 Å². The van der Waals surface area contributed by atoms with Gasteiger partial charge < -0.3 is 5.32 Å². The smallest absolute Gasteiger partial charge is 0.223 e. The summed E-state index contributed by atoms with van der Waals surface area (Å²) in [6.07, 6.45) is 4.97. The van der Waals surface area contributed by atoms with Crippen molar-refractivity contribution >= 4 is 5.91 Å². The van der Waals surface area contributed by atoms with E-state index in [4.69, 9.17) is 0 Å². The molecular weight excluding hydrogens is 317 g/mol. The molecule has 0 unspecified atom stereocenters. The van der Waals surface area contributed by atoms with Crippen molar-refractivity contribution in [1.29, 1.82) is 0 Å². The van der Waals surface area contributed by atoms with Crippen LogP contribution in [0.4, 0.5) is 4.39 Å². The standard InChI is InChI=1S/C20H24FN3O/c1-12-18(11-22-20(25)19-16-5-3-4-6-17(16)19)13(2)24(23-12)15-9-7-14(21)8-10-15/h7-10,16-17,19H,3-6,11H2,1-2H3,(H,22,25)/t16-,17-/m0/s1. The number of carbonyl (C=O) groups is 1. The molecule has 1 heterocycles. The van der Waals surface area contributed by atoms with E-state index in [0.717, 1.165) is 22.6 Å². The molecule has 2 aliphatic carbocycles. The fourth-order valence-corrected chi connectivity index (χ4v) is 4.44. The summed E-state index contributed by atoms with van der Waals surface area (Å²) in [5.41, 5.74) is 3.75. The Bertz CT molecular complexity index is 784. The molecule has 2 fully saturated rings. The molecule has 1 aromatic heterocycles. The van der Waals surface area contributed by atoms with Crippen LogP contribution in [0.3, 0.4) is 0 Å². The maximum atomic E-state index is 13.1. The van der Waals surface area contributed by atoms with E-state index in [-0.39, 0.29) is 17.6 Å². The Balaban J connectivity index is 1.46. The summed E-state index contributed by atoms with van der Waals surface area (Å²) >= 11 is 0. The van der Waals surface area contributed by atoms with Crippen LogP contribution < -0.4 is 5.32 Å². The molecule has 1 N–H and O–H groups in total. The van der Waals surface area contributed by atoms with E-state index < -0.39 is 0 Å². The van der Waals surface area contributed by atoms with Crippen molar-refractivity contribution in [1.82, 2.24) is 15.1 Å². The van der Waals surface area contributed by atoms with Gasteiger partial charge in [0, 0.05) is 23.7 Å². The lowest BCUT2D eigenvalue weighted by atomic mass is 10.0. The Morgan fingerprint density at radius 1 is 1.20 bits per heavy atom. The number of hydrogen-bond acceptors (Lipinski definition) is 2. The number of amides is 1. The lowest BCUT2D eigenvalue weighted by molar-refractivity contribution is -0.123. The highest BCUT2D eigenvalue weighted by molar-refractivity contribution is 5.82. The van der Waals surface area contributed by atoms with Crippen molar-refractivity contribution in [3.63, 3.8) is 0 Å². The predicted molar refractivity (Wildman–Crippen MR) is 93.8 cm³/mol. The first-order chi connectivity index (χ1) is 12.1. The van der Waals surface area contributed by atoms with Gasteiger partial charge in [0.05, 0.1) is 11.4 Å². The third-order valence-corrected chi connectivity index (χ3v) is 5.91. The Morgan fingerprint density at radius 3 is 2.48 bits per heavy atom. The SMILES string of the molecule is Cc1nn(-c2ccc(F)cc2)c(C)c1CNC(=O)C1[C@H]2CCCC[C@H]12. The Hall–Kier alpha value is -2.17. The molecule has 0 radical (unpaired) electrons. The molecule has 4 rings (SSSR count). The minimum Gasteiger partial charge on any atom is -0.352 e. The topological polar surface area (TPSA) is 46.9 Å². The molecule has 4 nitrogen and oxygen atoms in total. The van der Waals surface area contributed by atoms with E-state index >= 15 is 0 Å². The number of rotatable bonds is 4. The van der Waals surface area contributed by atoms with Crippen molar-refractivity contribution in [2.75, 3.05) is 0 Å². The molecule has 25 heavy (non-hydrogen) atoms. The summed E-state index contributed by atoms with van der Waals surface area (Å²) in [6.45, 7) is 4.45. The molecule has 1 aromatic carbocycles. The molecule has 0 aliphatic heterocycles. The largest absolute Gasteiger partial charge is 0.352 e. The summed E-state index contributed by atoms with van der Waals surface area (Å²) in [5.74, 6) is 1.42. The average Bonchev–Trinajstić information content (AvgIpc) is 3.27. The minimum absolute atomic E-state index is 0.199. The van der Waals surface area contributed by atoms with Crippen LogP contribution in [0, 0.1) is 37.4 Å². The summed E-state index contributed by atoms with van der Waals surface area (Å²) in [4.78, 5) is 12.5. The summed E-state index contributed by atoms with van der Waals surface area (Å²) in [7, 11) is 0. The number of aryl methyl sites for hydroxylation is 1. The third kappa shape index (κ3) is 2.96. The molecule has 2 atom stereocenters. The number of halogens is 1. The second-order valence-corrected chi connectivity index (χ2v) is 7.39. The maximum absolute atomic E-state index is 13.1. The van der Waals surface area contributed by atoms with Crippen LogP contribution in [0.5, 0.6) is 0 Å². The van der Waals surface area contributed by atoms with Gasteiger partial charge >= 0.3 is 0 Å². The van der Waals surface area contributed by atoms with Gasteiger partial charge in [0.1, 0.15) is 5.82 Å². The Kier molecular flexibility index (Phi) is 4.10. The van der Waals surface area contributed by atoms with E-state index in [0.29, 0.717) is 18.4 Å². The third-order valence-electron chi connectivity index (χ3n) is 5.91. The van der Waals surface area contributed by atoms with Crippen molar-refractivity contribution in [3.05, 3.63) is 47.0 Å². The number of fused-ring (bicyclic) bond motifs is 1. The lowest BCUT2D eigenvalue weighted by Gasteiger charge is -2.07. The van der Waals surface area contributed by atoms with Crippen LogP contribution in [-0.2, 0) is 11.3 Å². The molecule has 2 aromatic rings. The number of hydrogen-bond donors (Lipinski definition) is 1. The van der Waals surface area contributed by atoms with Crippen LogP contribution in [-0.4, -0.2) is 15.7 Å². The molecule has 2 saturated carbocycles. The van der Waals surface area contributed by atoms with Gasteiger partial charge in [0.2, 0.25) is 5.91 Å². The van der Waals surface area contributed by atoms with Gasteiger partial charge in [-0.3, -0.25) is 4.79 Å². The van der Waals surface area contributed by atoms with E-state index in [1.165, 1.54) is 37.8 Å². The number of nitrogens with one attached hydrogen (secondary N) is 1. The van der Waals surface area contributed by atoms with Crippen LogP contribution in [0.15, 0.2) is 24.3 Å². The zero-order chi connectivity index (χ0) is 17.6. The van der Waals surface area contributed by atoms with E-state index in [2.05, 4.69) is 10.4 Å². The molecule has 5 heteroatoms. The first kappa shape index (κ1) is 16.3. The summed E-state index contributed by atoms with van der Waals surface area (Å²) in [6, 6.07) is 6.29. The first-order valence-electron chi connectivity index (χ1n) is 9.15. The molecule has 0 bridgehead atoms. The Labute approximate surface area is 147 Å². The zero-order valence-corrected chi connectivity index (χ0v) is 14.8. The molecule has 132 valence electrons. The highest BCUT2D eigenvalue weighted by Gasteiger charge is 2.54.